The molecule has 0 spiro atoms. The first-order valence-electron chi connectivity index (χ1n) is 15.2. The van der Waals surface area contributed by atoms with Crippen LogP contribution in [0.5, 0.6) is 0 Å². The van der Waals surface area contributed by atoms with Gasteiger partial charge in [-0.2, -0.15) is 13.8 Å². The van der Waals surface area contributed by atoms with Crippen LogP contribution in [0, 0.1) is 0 Å². The molecular weight excluding hydrogens is 603 g/mol. The Bertz CT molecular complexity index is 1180. The van der Waals surface area contributed by atoms with Crippen LogP contribution >= 0.6 is 0 Å². The van der Waals surface area contributed by atoms with Gasteiger partial charge in [-0.05, 0) is 60.5 Å². The lowest BCUT2D eigenvalue weighted by Gasteiger charge is -2.26. The number of nitrogens with one attached hydrogen (secondary N) is 1. The van der Waals surface area contributed by atoms with E-state index in [0.717, 1.165) is 50.8 Å². The van der Waals surface area contributed by atoms with E-state index >= 15 is 8.78 Å². The molecule has 3 atom stereocenters. The van der Waals surface area contributed by atoms with Crippen molar-refractivity contribution >= 4 is 24.0 Å². The SMILES string of the molecule is CC(C)(C)OC(=O)OC[C@H]1O[C@@H](n2ccc(NC(=O)CCCCCCCCCCF)nc2=O)C(F)(F)[C@@H]1OC(=O)OC(C)(C)C. The van der Waals surface area contributed by atoms with Crippen molar-refractivity contribution in [3.63, 3.8) is 0 Å². The first-order chi connectivity index (χ1) is 20.9. The van der Waals surface area contributed by atoms with Crippen LogP contribution in [0.25, 0.3) is 0 Å². The topological polar surface area (TPSA) is 144 Å². The lowest BCUT2D eigenvalue weighted by Crippen LogP contribution is -2.45. The molecular formula is C30H46F3N3O9. The van der Waals surface area contributed by atoms with Crippen molar-refractivity contribution in [3.8, 4) is 0 Å². The molecule has 1 fully saturated rings. The van der Waals surface area contributed by atoms with E-state index < -0.39 is 66.1 Å². The van der Waals surface area contributed by atoms with Gasteiger partial charge in [0.25, 0.3) is 0 Å². The largest absolute Gasteiger partial charge is 0.509 e. The minimum Gasteiger partial charge on any atom is -0.431 e. The van der Waals surface area contributed by atoms with Crippen LogP contribution < -0.4 is 11.0 Å². The van der Waals surface area contributed by atoms with Crippen LogP contribution in [-0.2, 0) is 28.5 Å². The van der Waals surface area contributed by atoms with Crippen molar-refractivity contribution in [2.75, 3.05) is 18.6 Å². The van der Waals surface area contributed by atoms with Crippen LogP contribution in [0.15, 0.2) is 17.1 Å². The molecule has 1 aliphatic rings. The van der Waals surface area contributed by atoms with Crippen LogP contribution in [0.1, 0.15) is 106 Å². The van der Waals surface area contributed by atoms with Crippen LogP contribution in [-0.4, -0.2) is 70.4 Å². The zero-order chi connectivity index (χ0) is 33.8. The number of carbonyl (C=O) groups excluding carboxylic acids is 3. The van der Waals surface area contributed by atoms with E-state index in [1.807, 2.05) is 0 Å². The fourth-order valence-corrected chi connectivity index (χ4v) is 4.36. The van der Waals surface area contributed by atoms with Gasteiger partial charge in [0.1, 0.15) is 29.7 Å². The predicted molar refractivity (Wildman–Crippen MR) is 157 cm³/mol. The molecule has 0 aromatic carbocycles. The minimum atomic E-state index is -4.01. The maximum Gasteiger partial charge on any atom is 0.509 e. The van der Waals surface area contributed by atoms with Crippen molar-refractivity contribution in [1.82, 2.24) is 9.55 Å². The highest BCUT2D eigenvalue weighted by molar-refractivity contribution is 5.89. The number of aromatic nitrogens is 2. The standard InChI is InChI=1S/C30H46F3N3O9/c1-28(2,3)44-26(39)41-19-20-23(43-27(40)45-29(4,5)6)30(32,33)24(42-20)36-18-16-21(35-25(36)38)34-22(37)15-13-11-9-7-8-10-12-14-17-31/h16,18,20,23-24H,7-15,17,19H2,1-6H3,(H,34,35,37,38)/t20-,23-,24-/m1/s1. The summed E-state index contributed by atoms with van der Waals surface area (Å²) in [6.07, 6.45) is -0.949. The van der Waals surface area contributed by atoms with E-state index in [0.29, 0.717) is 17.4 Å². The van der Waals surface area contributed by atoms with Gasteiger partial charge in [-0.1, -0.05) is 38.5 Å². The van der Waals surface area contributed by atoms with Gasteiger partial charge >= 0.3 is 23.9 Å². The Hall–Kier alpha value is -3.36. The van der Waals surface area contributed by atoms with E-state index in [4.69, 9.17) is 23.7 Å². The number of amides is 1. The second-order valence-electron chi connectivity index (χ2n) is 12.8. The van der Waals surface area contributed by atoms with E-state index in [-0.39, 0.29) is 18.9 Å². The van der Waals surface area contributed by atoms with Gasteiger partial charge < -0.3 is 29.0 Å². The summed E-state index contributed by atoms with van der Waals surface area (Å²) in [6.45, 7) is 8.16. The summed E-state index contributed by atoms with van der Waals surface area (Å²) in [5.74, 6) is -4.54. The molecule has 1 amide bonds. The van der Waals surface area contributed by atoms with Gasteiger partial charge in [0, 0.05) is 12.6 Å². The number of rotatable bonds is 15. The highest BCUT2D eigenvalue weighted by atomic mass is 19.3. The monoisotopic (exact) mass is 649 g/mol. The Labute approximate surface area is 261 Å². The molecule has 1 aliphatic heterocycles. The third-order valence-corrected chi connectivity index (χ3v) is 6.36. The summed E-state index contributed by atoms with van der Waals surface area (Å²) < 4.78 is 69.3. The zero-order valence-corrected chi connectivity index (χ0v) is 26.9. The molecule has 0 radical (unpaired) electrons. The minimum absolute atomic E-state index is 0.137. The van der Waals surface area contributed by atoms with Crippen LogP contribution in [0.2, 0.25) is 0 Å². The Kier molecular flexibility index (Phi) is 14.1. The number of unbranched alkanes of at least 4 members (excludes halogenated alkanes) is 7. The molecule has 1 saturated heterocycles. The van der Waals surface area contributed by atoms with Gasteiger partial charge in [-0.25, -0.2) is 14.4 Å². The molecule has 1 N–H and O–H groups in total. The maximum absolute atomic E-state index is 15.7. The van der Waals surface area contributed by atoms with E-state index in [9.17, 15) is 23.6 Å². The van der Waals surface area contributed by atoms with Gasteiger partial charge in [-0.15, -0.1) is 0 Å². The average molecular weight is 650 g/mol. The third kappa shape index (κ3) is 13.3. The molecule has 1 aromatic heterocycles. The zero-order valence-electron chi connectivity index (χ0n) is 26.9. The summed E-state index contributed by atoms with van der Waals surface area (Å²) in [5, 5.41) is 2.48. The molecule has 256 valence electrons. The van der Waals surface area contributed by atoms with Crippen LogP contribution in [0.3, 0.4) is 0 Å². The Morgan fingerprint density at radius 3 is 2.04 bits per heavy atom. The van der Waals surface area contributed by atoms with Crippen molar-refractivity contribution in [3.05, 3.63) is 22.7 Å². The number of ether oxygens (including phenoxy) is 5. The van der Waals surface area contributed by atoms with Crippen LogP contribution in [0.4, 0.5) is 28.6 Å². The number of alkyl halides is 3. The van der Waals surface area contributed by atoms with Gasteiger partial charge in [0.15, 0.2) is 0 Å². The second kappa shape index (κ2) is 16.8. The normalized spacial score (nSPS) is 19.5. The molecule has 0 aliphatic carbocycles. The number of anilines is 1. The molecule has 45 heavy (non-hydrogen) atoms. The molecule has 12 nitrogen and oxygen atoms in total. The third-order valence-electron chi connectivity index (χ3n) is 6.36. The Morgan fingerprint density at radius 2 is 1.49 bits per heavy atom. The molecule has 2 heterocycles. The Balaban J connectivity index is 2.07. The first-order valence-corrected chi connectivity index (χ1v) is 15.2. The fraction of sp³-hybridized carbons (Fsp3) is 0.767. The number of hydrogen-bond donors (Lipinski definition) is 1. The fourth-order valence-electron chi connectivity index (χ4n) is 4.36. The number of nitrogens with zero attached hydrogens (tertiary/aromatic N) is 2. The van der Waals surface area contributed by atoms with Gasteiger partial charge in [0.05, 0.1) is 6.67 Å². The highest BCUT2D eigenvalue weighted by Gasteiger charge is 2.63. The molecule has 1 aromatic rings. The number of halogens is 3. The van der Waals surface area contributed by atoms with Crippen molar-refractivity contribution < 1.29 is 51.2 Å². The number of carbonyl (C=O) groups is 3. The lowest BCUT2D eigenvalue weighted by atomic mass is 10.1. The van der Waals surface area contributed by atoms with Crippen molar-refractivity contribution in [2.45, 2.75) is 135 Å². The molecule has 0 saturated carbocycles. The van der Waals surface area contributed by atoms with Gasteiger partial charge in [-0.3, -0.25) is 13.8 Å². The molecule has 2 rings (SSSR count). The molecule has 15 heteroatoms. The second-order valence-corrected chi connectivity index (χ2v) is 12.8. The summed E-state index contributed by atoms with van der Waals surface area (Å²) in [5.41, 5.74) is -3.16. The summed E-state index contributed by atoms with van der Waals surface area (Å²) in [4.78, 5) is 53.2. The quantitative estimate of drug-likeness (QED) is 0.166. The summed E-state index contributed by atoms with van der Waals surface area (Å²) in [7, 11) is 0. The van der Waals surface area contributed by atoms with E-state index in [1.54, 1.807) is 20.8 Å². The summed E-state index contributed by atoms with van der Waals surface area (Å²) >= 11 is 0. The average Bonchev–Trinajstić information content (AvgIpc) is 3.13. The number of hydrogen-bond acceptors (Lipinski definition) is 10. The molecule has 0 unspecified atom stereocenters. The Morgan fingerprint density at radius 1 is 0.933 bits per heavy atom. The van der Waals surface area contributed by atoms with E-state index in [2.05, 4.69) is 10.3 Å². The summed E-state index contributed by atoms with van der Waals surface area (Å²) in [6, 6.07) is 1.16. The first kappa shape index (κ1) is 37.8. The van der Waals surface area contributed by atoms with Crippen molar-refractivity contribution in [2.24, 2.45) is 0 Å². The van der Waals surface area contributed by atoms with Crippen molar-refractivity contribution in [1.29, 1.82) is 0 Å². The highest BCUT2D eigenvalue weighted by Crippen LogP contribution is 2.44. The maximum atomic E-state index is 15.7. The predicted octanol–water partition coefficient (Wildman–Crippen LogP) is 6.47. The smallest absolute Gasteiger partial charge is 0.431 e. The molecule has 0 bridgehead atoms. The van der Waals surface area contributed by atoms with E-state index in [1.165, 1.54) is 20.8 Å². The lowest BCUT2D eigenvalue weighted by molar-refractivity contribution is -0.149. The van der Waals surface area contributed by atoms with Gasteiger partial charge in [0.2, 0.25) is 18.2 Å².